The molecule has 0 bridgehead atoms. The van der Waals surface area contributed by atoms with Crippen LogP contribution in [0.25, 0.3) is 0 Å². The first kappa shape index (κ1) is 22.0. The maximum absolute atomic E-state index is 5.74. The molecule has 0 saturated carbocycles. The number of methoxy groups -OCH3 is 1. The molecule has 1 N–H and O–H groups in total. The van der Waals surface area contributed by atoms with Gasteiger partial charge in [-0.3, -0.25) is 0 Å². The number of halogens is 1. The molecule has 0 fully saturated rings. The summed E-state index contributed by atoms with van der Waals surface area (Å²) in [4.78, 5) is 10.9. The molecular weight excluding hydrogens is 443 g/mol. The number of pyridine rings is 1. The van der Waals surface area contributed by atoms with Gasteiger partial charge < -0.3 is 19.7 Å². The number of nitrogens with zero attached hydrogens (tertiary/aromatic N) is 3. The zero-order chi connectivity index (χ0) is 17.9. The van der Waals surface area contributed by atoms with E-state index >= 15 is 0 Å². The Bertz CT molecular complexity index is 650. The topological polar surface area (TPSA) is 59.0 Å². The lowest BCUT2D eigenvalue weighted by atomic mass is 10.3. The van der Waals surface area contributed by atoms with Crippen LogP contribution in [0.1, 0.15) is 12.5 Å². The van der Waals surface area contributed by atoms with Crippen molar-refractivity contribution in [3.05, 3.63) is 54.2 Å². The highest BCUT2D eigenvalue weighted by Gasteiger charge is 2.06. The van der Waals surface area contributed by atoms with Gasteiger partial charge in [0, 0.05) is 25.9 Å². The second kappa shape index (κ2) is 12.3. The average molecular weight is 470 g/mol. The molecule has 0 aliphatic rings. The summed E-state index contributed by atoms with van der Waals surface area (Å²) in [5.74, 6) is 2.33. The van der Waals surface area contributed by atoms with Crippen LogP contribution in [0.3, 0.4) is 0 Å². The molecule has 142 valence electrons. The molecule has 0 atom stereocenters. The summed E-state index contributed by atoms with van der Waals surface area (Å²) in [6, 6.07) is 13.6. The normalized spacial score (nSPS) is 10.7. The highest BCUT2D eigenvalue weighted by Crippen LogP contribution is 2.09. The highest BCUT2D eigenvalue weighted by atomic mass is 127. The second-order valence-electron chi connectivity index (χ2n) is 5.46. The summed E-state index contributed by atoms with van der Waals surface area (Å²) in [6.45, 7) is 4.75. The van der Waals surface area contributed by atoms with Crippen LogP contribution in [0.15, 0.2) is 53.7 Å². The van der Waals surface area contributed by atoms with Gasteiger partial charge in [0.25, 0.3) is 0 Å². The Morgan fingerprint density at radius 3 is 2.58 bits per heavy atom. The monoisotopic (exact) mass is 470 g/mol. The molecule has 0 unspecified atom stereocenters. The number of nitrogens with one attached hydrogen (secondary N) is 1. The Morgan fingerprint density at radius 2 is 1.96 bits per heavy atom. The number of guanidine groups is 1. The summed E-state index contributed by atoms with van der Waals surface area (Å²) < 4.78 is 10.8. The maximum Gasteiger partial charge on any atom is 0.212 e. The van der Waals surface area contributed by atoms with Crippen molar-refractivity contribution in [1.82, 2.24) is 15.2 Å². The number of aromatic nitrogens is 1. The van der Waals surface area contributed by atoms with Crippen molar-refractivity contribution in [1.29, 1.82) is 0 Å². The van der Waals surface area contributed by atoms with Crippen molar-refractivity contribution in [2.24, 2.45) is 4.99 Å². The fourth-order valence-electron chi connectivity index (χ4n) is 2.18. The van der Waals surface area contributed by atoms with Crippen molar-refractivity contribution in [2.45, 2.75) is 13.5 Å². The summed E-state index contributed by atoms with van der Waals surface area (Å²) in [5.41, 5.74) is 1.03. The van der Waals surface area contributed by atoms with Gasteiger partial charge in [-0.1, -0.05) is 24.3 Å². The van der Waals surface area contributed by atoms with Crippen LogP contribution in [0.5, 0.6) is 11.6 Å². The minimum absolute atomic E-state index is 0. The number of hydrogen-bond donors (Lipinski definition) is 1. The van der Waals surface area contributed by atoms with E-state index in [2.05, 4.69) is 27.1 Å². The number of aliphatic imine (C=N–C) groups is 1. The Morgan fingerprint density at radius 1 is 1.19 bits per heavy atom. The van der Waals surface area contributed by atoms with Gasteiger partial charge in [-0.25, -0.2) is 9.98 Å². The fraction of sp³-hybridized carbons (Fsp3) is 0.368. The molecule has 1 aromatic carbocycles. The molecule has 1 heterocycles. The molecule has 26 heavy (non-hydrogen) atoms. The third-order valence-electron chi connectivity index (χ3n) is 3.55. The van der Waals surface area contributed by atoms with E-state index in [0.717, 1.165) is 30.4 Å². The van der Waals surface area contributed by atoms with Crippen molar-refractivity contribution < 1.29 is 9.47 Å². The van der Waals surface area contributed by atoms with Gasteiger partial charge in [0.15, 0.2) is 5.96 Å². The van der Waals surface area contributed by atoms with E-state index < -0.39 is 0 Å². The van der Waals surface area contributed by atoms with Crippen molar-refractivity contribution in [2.75, 3.05) is 33.9 Å². The van der Waals surface area contributed by atoms with E-state index in [1.54, 1.807) is 13.3 Å². The second-order valence-corrected chi connectivity index (χ2v) is 5.46. The number of ether oxygens (including phenoxy) is 2. The van der Waals surface area contributed by atoms with Crippen molar-refractivity contribution in [3.63, 3.8) is 0 Å². The molecule has 6 nitrogen and oxygen atoms in total. The van der Waals surface area contributed by atoms with Crippen LogP contribution >= 0.6 is 24.0 Å². The van der Waals surface area contributed by atoms with Gasteiger partial charge in [-0.2, -0.15) is 0 Å². The molecule has 0 aliphatic heterocycles. The van der Waals surface area contributed by atoms with Crippen LogP contribution in [0, 0.1) is 0 Å². The number of likely N-dealkylation sites (N-methyl/N-ethyl adjacent to an activating group) is 1. The average Bonchev–Trinajstić information content (AvgIpc) is 2.66. The Balaban J connectivity index is 0.00000338. The minimum Gasteiger partial charge on any atom is -0.492 e. The Labute approximate surface area is 172 Å². The zero-order valence-electron chi connectivity index (χ0n) is 15.5. The van der Waals surface area contributed by atoms with Gasteiger partial charge in [0.05, 0.1) is 20.2 Å². The Kier molecular flexibility index (Phi) is 10.5. The SMILES string of the molecule is CCNC(=NCc1ccc(OC)nc1)N(C)CCOc1ccccc1.I. The summed E-state index contributed by atoms with van der Waals surface area (Å²) in [5, 5.41) is 3.30. The number of hydrogen-bond acceptors (Lipinski definition) is 4. The van der Waals surface area contributed by atoms with Gasteiger partial charge in [0.1, 0.15) is 12.4 Å². The largest absolute Gasteiger partial charge is 0.492 e. The van der Waals surface area contributed by atoms with Gasteiger partial charge in [-0.15, -0.1) is 24.0 Å². The molecule has 0 amide bonds. The number of para-hydroxylation sites is 1. The van der Waals surface area contributed by atoms with E-state index in [0.29, 0.717) is 19.0 Å². The standard InChI is InChI=1S/C19H26N4O2.HI/c1-4-20-19(22-15-16-10-11-18(24-3)21-14-16)23(2)12-13-25-17-8-6-5-7-9-17;/h5-11,14H,4,12-13,15H2,1-3H3,(H,20,22);1H. The quantitative estimate of drug-likeness (QED) is 0.365. The van der Waals surface area contributed by atoms with E-state index in [1.807, 2.05) is 49.5 Å². The first-order valence-corrected chi connectivity index (χ1v) is 8.39. The first-order chi connectivity index (χ1) is 12.2. The molecule has 2 rings (SSSR count). The smallest absolute Gasteiger partial charge is 0.212 e. The molecule has 0 spiro atoms. The lowest BCUT2D eigenvalue weighted by molar-refractivity contribution is 0.281. The predicted octanol–water partition coefficient (Wildman–Crippen LogP) is 3.18. The molecule has 2 aromatic rings. The third-order valence-corrected chi connectivity index (χ3v) is 3.55. The molecule has 0 radical (unpaired) electrons. The lowest BCUT2D eigenvalue weighted by Gasteiger charge is -2.22. The van der Waals surface area contributed by atoms with Crippen LogP contribution < -0.4 is 14.8 Å². The number of benzene rings is 1. The van der Waals surface area contributed by atoms with Crippen molar-refractivity contribution in [3.8, 4) is 11.6 Å². The zero-order valence-corrected chi connectivity index (χ0v) is 17.8. The maximum atomic E-state index is 5.74. The van der Waals surface area contributed by atoms with E-state index in [1.165, 1.54) is 0 Å². The summed E-state index contributed by atoms with van der Waals surface area (Å²) in [7, 11) is 3.61. The van der Waals surface area contributed by atoms with Gasteiger partial charge in [-0.05, 0) is 24.6 Å². The van der Waals surface area contributed by atoms with E-state index in [-0.39, 0.29) is 24.0 Å². The predicted molar refractivity (Wildman–Crippen MR) is 116 cm³/mol. The lowest BCUT2D eigenvalue weighted by Crippen LogP contribution is -2.40. The first-order valence-electron chi connectivity index (χ1n) is 8.39. The summed E-state index contributed by atoms with van der Waals surface area (Å²) in [6.07, 6.45) is 1.78. The minimum atomic E-state index is 0. The van der Waals surface area contributed by atoms with E-state index in [9.17, 15) is 0 Å². The van der Waals surface area contributed by atoms with Gasteiger partial charge >= 0.3 is 0 Å². The molecule has 1 aromatic heterocycles. The third kappa shape index (κ3) is 7.47. The number of rotatable bonds is 8. The van der Waals surface area contributed by atoms with Crippen molar-refractivity contribution >= 4 is 29.9 Å². The highest BCUT2D eigenvalue weighted by molar-refractivity contribution is 14.0. The van der Waals surface area contributed by atoms with Crippen LogP contribution in [-0.2, 0) is 6.54 Å². The molecule has 0 saturated heterocycles. The van der Waals surface area contributed by atoms with Crippen LogP contribution in [-0.4, -0.2) is 49.7 Å². The fourth-order valence-corrected chi connectivity index (χ4v) is 2.18. The molecular formula is C19H27IN4O2. The Hall–Kier alpha value is -2.03. The van der Waals surface area contributed by atoms with Crippen LogP contribution in [0.2, 0.25) is 0 Å². The van der Waals surface area contributed by atoms with E-state index in [4.69, 9.17) is 9.47 Å². The van der Waals surface area contributed by atoms with Gasteiger partial charge in [0.2, 0.25) is 5.88 Å². The van der Waals surface area contributed by atoms with Crippen LogP contribution in [0.4, 0.5) is 0 Å². The summed E-state index contributed by atoms with van der Waals surface area (Å²) >= 11 is 0. The molecule has 0 aliphatic carbocycles. The molecule has 7 heteroatoms.